The fourth-order valence-corrected chi connectivity index (χ4v) is 3.67. The molecule has 7 heteroatoms. The van der Waals surface area contributed by atoms with Gasteiger partial charge in [0.1, 0.15) is 6.54 Å². The van der Waals surface area contributed by atoms with Crippen LogP contribution in [0.3, 0.4) is 0 Å². The monoisotopic (exact) mass is 392 g/mol. The lowest BCUT2D eigenvalue weighted by atomic mass is 10.1. The average molecular weight is 393 g/mol. The lowest BCUT2D eigenvalue weighted by Gasteiger charge is -2.35. The molecule has 2 aliphatic heterocycles. The summed E-state index contributed by atoms with van der Waals surface area (Å²) in [5.41, 5.74) is 0.982. The Bertz CT molecular complexity index is 603. The van der Waals surface area contributed by atoms with E-state index in [9.17, 15) is 0 Å². The van der Waals surface area contributed by atoms with Gasteiger partial charge in [-0.3, -0.25) is 0 Å². The highest BCUT2D eigenvalue weighted by Crippen LogP contribution is 2.18. The zero-order valence-electron chi connectivity index (χ0n) is 17.7. The number of piperidine rings is 1. The number of rotatable bonds is 7. The Morgan fingerprint density at radius 1 is 1.32 bits per heavy atom. The van der Waals surface area contributed by atoms with Gasteiger partial charge in [0.25, 0.3) is 0 Å². The predicted molar refractivity (Wildman–Crippen MR) is 110 cm³/mol. The molecule has 1 aromatic rings. The number of ether oxygens (including phenoxy) is 2. The first-order valence-corrected chi connectivity index (χ1v) is 10.9. The predicted octanol–water partition coefficient (Wildman–Crippen LogP) is 3.31. The van der Waals surface area contributed by atoms with E-state index >= 15 is 0 Å². The van der Waals surface area contributed by atoms with E-state index in [2.05, 4.69) is 36.1 Å². The minimum absolute atomic E-state index is 0.295. The van der Waals surface area contributed by atoms with Gasteiger partial charge in [-0.05, 0) is 44.9 Å². The Labute approximate surface area is 168 Å². The van der Waals surface area contributed by atoms with E-state index in [1.165, 1.54) is 12.8 Å². The van der Waals surface area contributed by atoms with Crippen molar-refractivity contribution in [2.45, 2.75) is 77.5 Å². The highest BCUT2D eigenvalue weighted by atomic mass is 16.5. The number of nitrogens with one attached hydrogen (secondary N) is 1. The molecule has 2 fully saturated rings. The molecule has 0 bridgehead atoms. The fraction of sp³-hybridized carbons (Fsp3) is 0.810. The van der Waals surface area contributed by atoms with Gasteiger partial charge in [0.2, 0.25) is 0 Å². The number of hydrogen-bond acceptors (Lipinski definition) is 5. The Kier molecular flexibility index (Phi) is 8.15. The third-order valence-corrected chi connectivity index (χ3v) is 5.42. The van der Waals surface area contributed by atoms with Crippen molar-refractivity contribution in [3.8, 4) is 0 Å². The van der Waals surface area contributed by atoms with Gasteiger partial charge in [-0.25, -0.2) is 4.99 Å². The van der Waals surface area contributed by atoms with Crippen LogP contribution in [0.5, 0.6) is 0 Å². The van der Waals surface area contributed by atoms with Crippen LogP contribution in [0.15, 0.2) is 15.6 Å². The molecule has 1 aromatic heterocycles. The lowest BCUT2D eigenvalue weighted by molar-refractivity contribution is -0.0721. The maximum Gasteiger partial charge on any atom is 0.194 e. The second kappa shape index (κ2) is 10.8. The zero-order valence-corrected chi connectivity index (χ0v) is 17.7. The van der Waals surface area contributed by atoms with E-state index in [-0.39, 0.29) is 0 Å². The molecule has 1 N–H and O–H groups in total. The summed E-state index contributed by atoms with van der Waals surface area (Å²) >= 11 is 0. The third kappa shape index (κ3) is 6.21. The molecule has 2 aliphatic rings. The summed E-state index contributed by atoms with van der Waals surface area (Å²) in [6.07, 6.45) is 6.26. The molecule has 0 aliphatic carbocycles. The number of likely N-dealkylation sites (tertiary alicyclic amines) is 1. The van der Waals surface area contributed by atoms with Crippen LogP contribution in [0.1, 0.15) is 70.2 Å². The summed E-state index contributed by atoms with van der Waals surface area (Å²) in [5, 5.41) is 7.52. The second-order valence-electron chi connectivity index (χ2n) is 8.05. The average Bonchev–Trinajstić information content (AvgIpc) is 3.20. The molecule has 3 heterocycles. The van der Waals surface area contributed by atoms with Gasteiger partial charge in [0.15, 0.2) is 11.7 Å². The van der Waals surface area contributed by atoms with Crippen LogP contribution in [0.25, 0.3) is 0 Å². The minimum Gasteiger partial charge on any atom is -0.376 e. The van der Waals surface area contributed by atoms with E-state index in [0.717, 1.165) is 69.5 Å². The molecule has 28 heavy (non-hydrogen) atoms. The standard InChI is InChI=1S/C21H36N4O3/c1-4-22-21(23-14-19-13-20(16(2)3)24-28-19)25-10-8-17(9-11-25)27-15-18-7-5-6-12-26-18/h13,16-18H,4-12,14-15H2,1-3H3,(H,22,23). The minimum atomic E-state index is 0.295. The van der Waals surface area contributed by atoms with Gasteiger partial charge in [-0.15, -0.1) is 0 Å². The van der Waals surface area contributed by atoms with Crippen molar-refractivity contribution in [3.05, 3.63) is 17.5 Å². The molecule has 0 aromatic carbocycles. The topological polar surface area (TPSA) is 72.1 Å². The van der Waals surface area contributed by atoms with Crippen molar-refractivity contribution in [3.63, 3.8) is 0 Å². The molecule has 3 rings (SSSR count). The van der Waals surface area contributed by atoms with E-state index in [4.69, 9.17) is 19.0 Å². The van der Waals surface area contributed by atoms with Crippen molar-refractivity contribution in [1.29, 1.82) is 0 Å². The third-order valence-electron chi connectivity index (χ3n) is 5.42. The van der Waals surface area contributed by atoms with Gasteiger partial charge < -0.3 is 24.2 Å². The highest BCUT2D eigenvalue weighted by molar-refractivity contribution is 5.80. The van der Waals surface area contributed by atoms with E-state index in [1.807, 2.05) is 6.07 Å². The van der Waals surface area contributed by atoms with Crippen molar-refractivity contribution in [1.82, 2.24) is 15.4 Å². The van der Waals surface area contributed by atoms with Gasteiger partial charge in [-0.1, -0.05) is 19.0 Å². The van der Waals surface area contributed by atoms with Gasteiger partial charge in [0, 0.05) is 32.3 Å². The molecular formula is C21H36N4O3. The summed E-state index contributed by atoms with van der Waals surface area (Å²) in [6, 6.07) is 2.01. The number of aromatic nitrogens is 1. The molecule has 0 saturated carbocycles. The van der Waals surface area contributed by atoms with Crippen LogP contribution in [0.2, 0.25) is 0 Å². The molecule has 158 valence electrons. The normalized spacial score (nSPS) is 22.1. The smallest absolute Gasteiger partial charge is 0.194 e. The van der Waals surface area contributed by atoms with Crippen molar-refractivity contribution >= 4 is 5.96 Å². The van der Waals surface area contributed by atoms with E-state index in [0.29, 0.717) is 24.7 Å². The largest absolute Gasteiger partial charge is 0.376 e. The van der Waals surface area contributed by atoms with Crippen molar-refractivity contribution in [2.24, 2.45) is 4.99 Å². The first kappa shape index (κ1) is 21.1. The second-order valence-corrected chi connectivity index (χ2v) is 8.05. The lowest BCUT2D eigenvalue weighted by Crippen LogP contribution is -2.47. The van der Waals surface area contributed by atoms with Crippen molar-refractivity contribution < 1.29 is 14.0 Å². The van der Waals surface area contributed by atoms with E-state index < -0.39 is 0 Å². The Hall–Kier alpha value is -1.60. The molecule has 0 radical (unpaired) electrons. The first-order chi connectivity index (χ1) is 13.7. The van der Waals surface area contributed by atoms with Crippen LogP contribution in [-0.4, -0.2) is 61.1 Å². The Morgan fingerprint density at radius 3 is 2.79 bits per heavy atom. The molecule has 0 amide bonds. The Balaban J connectivity index is 1.46. The molecule has 2 saturated heterocycles. The van der Waals surface area contributed by atoms with E-state index in [1.54, 1.807) is 0 Å². The molecule has 0 spiro atoms. The number of hydrogen-bond donors (Lipinski definition) is 1. The summed E-state index contributed by atoms with van der Waals surface area (Å²) in [6.45, 7) is 11.2. The van der Waals surface area contributed by atoms with Crippen LogP contribution >= 0.6 is 0 Å². The highest BCUT2D eigenvalue weighted by Gasteiger charge is 2.24. The van der Waals surface area contributed by atoms with Crippen LogP contribution in [-0.2, 0) is 16.0 Å². The maximum atomic E-state index is 6.13. The first-order valence-electron chi connectivity index (χ1n) is 10.9. The summed E-state index contributed by atoms with van der Waals surface area (Å²) in [4.78, 5) is 7.08. The number of nitrogens with zero attached hydrogens (tertiary/aromatic N) is 3. The maximum absolute atomic E-state index is 6.13. The van der Waals surface area contributed by atoms with Gasteiger partial charge in [0.05, 0.1) is 24.5 Å². The van der Waals surface area contributed by atoms with Crippen LogP contribution < -0.4 is 5.32 Å². The van der Waals surface area contributed by atoms with Crippen LogP contribution in [0, 0.1) is 0 Å². The molecule has 1 atom stereocenters. The fourth-order valence-electron chi connectivity index (χ4n) is 3.67. The number of guanidine groups is 1. The van der Waals surface area contributed by atoms with Gasteiger partial charge in [-0.2, -0.15) is 0 Å². The summed E-state index contributed by atoms with van der Waals surface area (Å²) in [5.74, 6) is 2.12. The quantitative estimate of drug-likeness (QED) is 0.567. The summed E-state index contributed by atoms with van der Waals surface area (Å²) < 4.78 is 17.3. The van der Waals surface area contributed by atoms with Gasteiger partial charge >= 0.3 is 0 Å². The zero-order chi connectivity index (χ0) is 19.8. The molecular weight excluding hydrogens is 356 g/mol. The number of aliphatic imine (C=N–C) groups is 1. The van der Waals surface area contributed by atoms with Crippen molar-refractivity contribution in [2.75, 3.05) is 32.8 Å². The van der Waals surface area contributed by atoms with Crippen LogP contribution in [0.4, 0.5) is 0 Å². The summed E-state index contributed by atoms with van der Waals surface area (Å²) in [7, 11) is 0. The molecule has 1 unspecified atom stereocenters. The Morgan fingerprint density at radius 2 is 2.14 bits per heavy atom. The SMILES string of the molecule is CCNC(=NCc1cc(C(C)C)no1)N1CCC(OCC2CCCCO2)CC1. The molecule has 7 nitrogen and oxygen atoms in total.